The van der Waals surface area contributed by atoms with Crippen LogP contribution in [0.5, 0.6) is 5.75 Å². The molecule has 0 fully saturated rings. The van der Waals surface area contributed by atoms with Gasteiger partial charge >= 0.3 is 5.97 Å². The van der Waals surface area contributed by atoms with Crippen LogP contribution in [0.15, 0.2) is 51.4 Å². The first kappa shape index (κ1) is 19.5. The van der Waals surface area contributed by atoms with Crippen LogP contribution in [0, 0.1) is 0 Å². The van der Waals surface area contributed by atoms with Crippen molar-refractivity contribution in [2.75, 3.05) is 14.2 Å². The number of nitrogens with one attached hydrogen (secondary N) is 1. The fourth-order valence-corrected chi connectivity index (χ4v) is 3.59. The van der Waals surface area contributed by atoms with Gasteiger partial charge in [0, 0.05) is 20.9 Å². The number of esters is 1. The first-order chi connectivity index (χ1) is 11.9. The molecule has 0 spiro atoms. The molecule has 0 heterocycles. The Balaban J connectivity index is 2.19. The second-order valence-corrected chi connectivity index (χ2v) is 7.09. The first-order valence-electron chi connectivity index (χ1n) is 7.40. The highest BCUT2D eigenvalue weighted by atomic mass is 79.9. The van der Waals surface area contributed by atoms with Crippen molar-refractivity contribution in [2.45, 2.75) is 12.5 Å². The smallest absolute Gasteiger partial charge is 0.328 e. The van der Waals surface area contributed by atoms with Gasteiger partial charge in [0.15, 0.2) is 0 Å². The fraction of sp³-hybridized carbons (Fsp3) is 0.222. The van der Waals surface area contributed by atoms with Gasteiger partial charge in [-0.3, -0.25) is 4.79 Å². The van der Waals surface area contributed by atoms with E-state index >= 15 is 0 Å². The SMILES string of the molecule is COC(=O)[C@H](Cc1cccc(OC)c1)NC(=O)c1cc(Br)cc(Br)c1. The second-order valence-electron chi connectivity index (χ2n) is 5.26. The average molecular weight is 471 g/mol. The molecule has 1 N–H and O–H groups in total. The minimum absolute atomic E-state index is 0.296. The van der Waals surface area contributed by atoms with E-state index in [-0.39, 0.29) is 5.91 Å². The molecule has 2 aromatic rings. The standard InChI is InChI=1S/C18H17Br2NO4/c1-24-15-5-3-4-11(6-15)7-16(18(23)25-2)21-17(22)12-8-13(19)10-14(20)9-12/h3-6,8-10,16H,7H2,1-2H3,(H,21,22)/t16-/m0/s1. The maximum atomic E-state index is 12.5. The van der Waals surface area contributed by atoms with Gasteiger partial charge in [-0.05, 0) is 35.9 Å². The lowest BCUT2D eigenvalue weighted by Gasteiger charge is -2.17. The highest BCUT2D eigenvalue weighted by Crippen LogP contribution is 2.20. The quantitative estimate of drug-likeness (QED) is 0.653. The van der Waals surface area contributed by atoms with Gasteiger partial charge in [-0.25, -0.2) is 4.79 Å². The van der Waals surface area contributed by atoms with Crippen LogP contribution in [0.3, 0.4) is 0 Å². The minimum atomic E-state index is -0.803. The molecule has 0 unspecified atom stereocenters. The van der Waals surface area contributed by atoms with Gasteiger partial charge in [0.25, 0.3) is 5.91 Å². The number of carbonyl (C=O) groups is 2. The summed E-state index contributed by atoms with van der Waals surface area (Å²) in [5.41, 5.74) is 1.28. The number of ether oxygens (including phenoxy) is 2. The Morgan fingerprint density at radius 1 is 1.08 bits per heavy atom. The zero-order chi connectivity index (χ0) is 18.4. The Hall–Kier alpha value is -1.86. The first-order valence-corrected chi connectivity index (χ1v) is 8.99. The van der Waals surface area contributed by atoms with Crippen LogP contribution in [0.25, 0.3) is 0 Å². The number of halogens is 2. The van der Waals surface area contributed by atoms with Gasteiger partial charge < -0.3 is 14.8 Å². The predicted octanol–water partition coefficient (Wildman–Crippen LogP) is 3.73. The Kier molecular flexibility index (Phi) is 7.01. The van der Waals surface area contributed by atoms with Crippen LogP contribution in [-0.4, -0.2) is 32.1 Å². The van der Waals surface area contributed by atoms with E-state index in [9.17, 15) is 9.59 Å². The maximum absolute atomic E-state index is 12.5. The maximum Gasteiger partial charge on any atom is 0.328 e. The van der Waals surface area contributed by atoms with Crippen molar-refractivity contribution in [3.05, 3.63) is 62.5 Å². The van der Waals surface area contributed by atoms with Crippen molar-refractivity contribution in [3.63, 3.8) is 0 Å². The zero-order valence-corrected chi connectivity index (χ0v) is 16.9. The highest BCUT2D eigenvalue weighted by molar-refractivity contribution is 9.11. The van der Waals surface area contributed by atoms with E-state index in [1.165, 1.54) is 7.11 Å². The molecular weight excluding hydrogens is 454 g/mol. The number of amides is 1. The third kappa shape index (κ3) is 5.57. The van der Waals surface area contributed by atoms with Crippen molar-refractivity contribution in [3.8, 4) is 5.75 Å². The molecule has 0 radical (unpaired) electrons. The molecule has 5 nitrogen and oxygen atoms in total. The summed E-state index contributed by atoms with van der Waals surface area (Å²) >= 11 is 6.69. The van der Waals surface area contributed by atoms with E-state index in [4.69, 9.17) is 9.47 Å². The summed E-state index contributed by atoms with van der Waals surface area (Å²) in [5, 5.41) is 2.73. The van der Waals surface area contributed by atoms with Crippen molar-refractivity contribution >= 4 is 43.7 Å². The molecule has 0 aliphatic rings. The summed E-state index contributed by atoms with van der Waals surface area (Å²) in [5.74, 6) is -0.186. The van der Waals surface area contributed by atoms with E-state index in [1.807, 2.05) is 30.3 Å². The van der Waals surface area contributed by atoms with E-state index in [1.54, 1.807) is 19.2 Å². The average Bonchev–Trinajstić information content (AvgIpc) is 2.59. The number of carbonyl (C=O) groups excluding carboxylic acids is 2. The molecule has 132 valence electrons. The summed E-state index contributed by atoms with van der Waals surface area (Å²) < 4.78 is 11.5. The Morgan fingerprint density at radius 2 is 1.76 bits per heavy atom. The normalized spacial score (nSPS) is 11.5. The topological polar surface area (TPSA) is 64.6 Å². The van der Waals surface area contributed by atoms with Crippen LogP contribution < -0.4 is 10.1 Å². The van der Waals surface area contributed by atoms with E-state index in [0.717, 1.165) is 14.5 Å². The Labute approximate surface area is 163 Å². The number of hydrogen-bond donors (Lipinski definition) is 1. The number of benzene rings is 2. The van der Waals surface area contributed by atoms with E-state index in [0.29, 0.717) is 17.7 Å². The van der Waals surface area contributed by atoms with Crippen LogP contribution in [0.4, 0.5) is 0 Å². The van der Waals surface area contributed by atoms with Crippen LogP contribution in [0.2, 0.25) is 0 Å². The lowest BCUT2D eigenvalue weighted by Crippen LogP contribution is -2.43. The monoisotopic (exact) mass is 469 g/mol. The molecule has 0 aliphatic heterocycles. The molecular formula is C18H17Br2NO4. The second kappa shape index (κ2) is 9.01. The van der Waals surface area contributed by atoms with Gasteiger partial charge in [-0.2, -0.15) is 0 Å². The number of rotatable bonds is 6. The zero-order valence-electron chi connectivity index (χ0n) is 13.7. The van der Waals surface area contributed by atoms with E-state index < -0.39 is 12.0 Å². The minimum Gasteiger partial charge on any atom is -0.497 e. The molecule has 1 amide bonds. The molecule has 2 aromatic carbocycles. The molecule has 0 bridgehead atoms. The summed E-state index contributed by atoms with van der Waals surface area (Å²) in [6.45, 7) is 0. The summed E-state index contributed by atoms with van der Waals surface area (Å²) in [4.78, 5) is 24.6. The Morgan fingerprint density at radius 3 is 2.36 bits per heavy atom. The van der Waals surface area contributed by atoms with Crippen molar-refractivity contribution in [1.29, 1.82) is 0 Å². The fourth-order valence-electron chi connectivity index (χ4n) is 2.30. The van der Waals surface area contributed by atoms with Crippen LogP contribution >= 0.6 is 31.9 Å². The molecule has 7 heteroatoms. The molecule has 0 aromatic heterocycles. The highest BCUT2D eigenvalue weighted by Gasteiger charge is 2.23. The summed E-state index contributed by atoms with van der Waals surface area (Å²) in [6, 6.07) is 11.7. The lowest BCUT2D eigenvalue weighted by atomic mass is 10.0. The van der Waals surface area contributed by atoms with Crippen molar-refractivity contribution < 1.29 is 19.1 Å². The van der Waals surface area contributed by atoms with E-state index in [2.05, 4.69) is 37.2 Å². The van der Waals surface area contributed by atoms with Gasteiger partial charge in [0.1, 0.15) is 11.8 Å². The largest absolute Gasteiger partial charge is 0.497 e. The summed E-state index contributed by atoms with van der Waals surface area (Å²) in [6.07, 6.45) is 0.296. The summed E-state index contributed by atoms with van der Waals surface area (Å²) in [7, 11) is 2.87. The van der Waals surface area contributed by atoms with Gasteiger partial charge in [-0.1, -0.05) is 44.0 Å². The Bertz CT molecular complexity index is 759. The van der Waals surface area contributed by atoms with Crippen molar-refractivity contribution in [1.82, 2.24) is 5.32 Å². The van der Waals surface area contributed by atoms with Crippen molar-refractivity contribution in [2.24, 2.45) is 0 Å². The van der Waals surface area contributed by atoms with Crippen LogP contribution in [-0.2, 0) is 16.0 Å². The molecule has 25 heavy (non-hydrogen) atoms. The number of hydrogen-bond acceptors (Lipinski definition) is 4. The third-order valence-corrected chi connectivity index (χ3v) is 4.41. The van der Waals surface area contributed by atoms with Gasteiger partial charge in [0.05, 0.1) is 14.2 Å². The third-order valence-electron chi connectivity index (χ3n) is 3.49. The molecule has 0 saturated carbocycles. The molecule has 0 saturated heterocycles. The molecule has 1 atom stereocenters. The number of methoxy groups -OCH3 is 2. The van der Waals surface area contributed by atoms with Gasteiger partial charge in [0.2, 0.25) is 0 Å². The molecule has 2 rings (SSSR count). The lowest BCUT2D eigenvalue weighted by molar-refractivity contribution is -0.142. The van der Waals surface area contributed by atoms with Crippen LogP contribution in [0.1, 0.15) is 15.9 Å². The van der Waals surface area contributed by atoms with Gasteiger partial charge in [-0.15, -0.1) is 0 Å². The predicted molar refractivity (Wildman–Crippen MR) is 102 cm³/mol. The molecule has 0 aliphatic carbocycles.